The molecule has 0 spiro atoms. The molecule has 1 amide bonds. The van der Waals surface area contributed by atoms with Gasteiger partial charge < -0.3 is 5.32 Å². The van der Waals surface area contributed by atoms with Crippen LogP contribution in [0, 0.1) is 5.92 Å². The molecule has 1 heterocycles. The van der Waals surface area contributed by atoms with Gasteiger partial charge in [-0.3, -0.25) is 4.79 Å². The molecule has 1 aromatic heterocycles. The average Bonchev–Trinajstić information content (AvgIpc) is 2.61. The first kappa shape index (κ1) is 13.0. The van der Waals surface area contributed by atoms with E-state index in [1.165, 1.54) is 0 Å². The van der Waals surface area contributed by atoms with E-state index in [0.29, 0.717) is 0 Å². The molecule has 0 aliphatic heterocycles. The van der Waals surface area contributed by atoms with Gasteiger partial charge in [0.1, 0.15) is 5.01 Å². The monoisotopic (exact) mass is 252 g/mol. The Morgan fingerprint density at radius 2 is 2.19 bits per heavy atom. The fraction of sp³-hybridized carbons (Fsp3) is 0.556. The zero-order chi connectivity index (χ0) is 12.3. The molecule has 90 valence electrons. The first-order valence-corrected chi connectivity index (χ1v) is 5.48. The Morgan fingerprint density at radius 1 is 1.56 bits per heavy atom. The third kappa shape index (κ3) is 3.48. The number of nitrogens with one attached hydrogen (secondary N) is 1. The maximum atomic E-state index is 12.2. The summed E-state index contributed by atoms with van der Waals surface area (Å²) in [5.41, 5.74) is -0.911. The quantitative estimate of drug-likeness (QED) is 0.897. The normalized spacial score (nSPS) is 11.9. The predicted molar refractivity (Wildman–Crippen MR) is 53.8 cm³/mol. The van der Waals surface area contributed by atoms with Crippen molar-refractivity contribution >= 4 is 17.2 Å². The van der Waals surface area contributed by atoms with Gasteiger partial charge in [-0.05, 0) is 0 Å². The molecule has 0 aliphatic carbocycles. The van der Waals surface area contributed by atoms with Crippen molar-refractivity contribution in [1.82, 2.24) is 10.3 Å². The van der Waals surface area contributed by atoms with Crippen LogP contribution < -0.4 is 5.32 Å². The molecule has 7 heteroatoms. The number of aromatic nitrogens is 1. The lowest BCUT2D eigenvalue weighted by atomic mass is 10.2. The molecule has 0 radical (unpaired) electrons. The molecule has 0 fully saturated rings. The number of rotatable bonds is 3. The van der Waals surface area contributed by atoms with Crippen molar-refractivity contribution in [3.8, 4) is 0 Å². The van der Waals surface area contributed by atoms with Crippen LogP contribution in [0.1, 0.15) is 24.5 Å². The number of amides is 1. The SMILES string of the molecule is CC(C)C(=O)NCc1nc(C(F)(F)F)cs1. The lowest BCUT2D eigenvalue weighted by molar-refractivity contribution is -0.140. The van der Waals surface area contributed by atoms with Crippen LogP contribution >= 0.6 is 11.3 Å². The van der Waals surface area contributed by atoms with Gasteiger partial charge in [-0.2, -0.15) is 13.2 Å². The second-order valence-electron chi connectivity index (χ2n) is 3.50. The fourth-order valence-corrected chi connectivity index (χ4v) is 1.63. The highest BCUT2D eigenvalue weighted by Gasteiger charge is 2.33. The van der Waals surface area contributed by atoms with E-state index in [2.05, 4.69) is 10.3 Å². The number of hydrogen-bond acceptors (Lipinski definition) is 3. The van der Waals surface area contributed by atoms with E-state index in [-0.39, 0.29) is 23.4 Å². The second kappa shape index (κ2) is 4.82. The van der Waals surface area contributed by atoms with Crippen LogP contribution in [0.25, 0.3) is 0 Å². The minimum atomic E-state index is -4.42. The Balaban J connectivity index is 2.57. The molecule has 0 unspecified atom stereocenters. The van der Waals surface area contributed by atoms with Crippen LogP contribution in [0.3, 0.4) is 0 Å². The molecule has 0 atom stereocenters. The first-order chi connectivity index (χ1) is 7.30. The van der Waals surface area contributed by atoms with E-state index < -0.39 is 11.9 Å². The van der Waals surface area contributed by atoms with E-state index in [1.54, 1.807) is 13.8 Å². The van der Waals surface area contributed by atoms with Gasteiger partial charge in [0.15, 0.2) is 5.69 Å². The van der Waals surface area contributed by atoms with Crippen molar-refractivity contribution in [2.75, 3.05) is 0 Å². The van der Waals surface area contributed by atoms with Crippen molar-refractivity contribution in [1.29, 1.82) is 0 Å². The van der Waals surface area contributed by atoms with Crippen LogP contribution in [0.2, 0.25) is 0 Å². The van der Waals surface area contributed by atoms with Crippen molar-refractivity contribution < 1.29 is 18.0 Å². The summed E-state index contributed by atoms with van der Waals surface area (Å²) in [6.45, 7) is 3.45. The molecular weight excluding hydrogens is 241 g/mol. The van der Waals surface area contributed by atoms with E-state index >= 15 is 0 Å². The van der Waals surface area contributed by atoms with Gasteiger partial charge >= 0.3 is 6.18 Å². The minimum Gasteiger partial charge on any atom is -0.349 e. The minimum absolute atomic E-state index is 0.0394. The maximum absolute atomic E-state index is 12.2. The van der Waals surface area contributed by atoms with Gasteiger partial charge in [0.25, 0.3) is 0 Å². The highest BCUT2D eigenvalue weighted by Crippen LogP contribution is 2.29. The molecule has 0 aromatic carbocycles. The van der Waals surface area contributed by atoms with Crippen LogP contribution in [0.15, 0.2) is 5.38 Å². The number of hydrogen-bond donors (Lipinski definition) is 1. The van der Waals surface area contributed by atoms with Gasteiger partial charge in [0, 0.05) is 11.3 Å². The van der Waals surface area contributed by atoms with Crippen molar-refractivity contribution in [2.45, 2.75) is 26.6 Å². The molecule has 1 N–H and O–H groups in total. The molecule has 16 heavy (non-hydrogen) atoms. The Labute approximate surface area is 94.7 Å². The van der Waals surface area contributed by atoms with Crippen LogP contribution in [0.5, 0.6) is 0 Å². The number of alkyl halides is 3. The Morgan fingerprint density at radius 3 is 2.62 bits per heavy atom. The summed E-state index contributed by atoms with van der Waals surface area (Å²) in [5, 5.41) is 3.70. The van der Waals surface area contributed by atoms with Crippen molar-refractivity contribution in [3.63, 3.8) is 0 Å². The summed E-state index contributed by atoms with van der Waals surface area (Å²) in [4.78, 5) is 14.6. The van der Waals surface area contributed by atoms with Crippen molar-refractivity contribution in [3.05, 3.63) is 16.1 Å². The van der Waals surface area contributed by atoms with E-state index in [9.17, 15) is 18.0 Å². The van der Waals surface area contributed by atoms with Crippen LogP contribution in [-0.4, -0.2) is 10.9 Å². The highest BCUT2D eigenvalue weighted by molar-refractivity contribution is 7.09. The molecule has 1 rings (SSSR count). The third-order valence-corrected chi connectivity index (χ3v) is 2.63. The molecule has 1 aromatic rings. The number of nitrogens with zero attached hydrogens (tertiary/aromatic N) is 1. The summed E-state index contributed by atoms with van der Waals surface area (Å²) in [5.74, 6) is -0.397. The number of thiazole rings is 1. The number of carbonyl (C=O) groups is 1. The summed E-state index contributed by atoms with van der Waals surface area (Å²) in [6.07, 6.45) is -4.42. The lowest BCUT2D eigenvalue weighted by Gasteiger charge is -2.05. The van der Waals surface area contributed by atoms with E-state index in [0.717, 1.165) is 16.7 Å². The summed E-state index contributed by atoms with van der Waals surface area (Å²) < 4.78 is 36.6. The Bertz CT molecular complexity index is 373. The van der Waals surface area contributed by atoms with Crippen molar-refractivity contribution in [2.24, 2.45) is 5.92 Å². The van der Waals surface area contributed by atoms with Crippen LogP contribution in [-0.2, 0) is 17.5 Å². The van der Waals surface area contributed by atoms with E-state index in [1.807, 2.05) is 0 Å². The maximum Gasteiger partial charge on any atom is 0.434 e. The van der Waals surface area contributed by atoms with Gasteiger partial charge in [-0.1, -0.05) is 13.8 Å². The standard InChI is InChI=1S/C9H11F3N2OS/c1-5(2)8(15)13-3-7-14-6(4-16-7)9(10,11)12/h4-5H,3H2,1-2H3,(H,13,15). The number of halogens is 3. The third-order valence-electron chi connectivity index (χ3n) is 1.78. The van der Waals surface area contributed by atoms with E-state index in [4.69, 9.17) is 0 Å². The smallest absolute Gasteiger partial charge is 0.349 e. The van der Waals surface area contributed by atoms with Gasteiger partial charge in [-0.25, -0.2) is 4.98 Å². The highest BCUT2D eigenvalue weighted by atomic mass is 32.1. The van der Waals surface area contributed by atoms with Gasteiger partial charge in [0.2, 0.25) is 5.91 Å². The zero-order valence-corrected chi connectivity index (χ0v) is 9.58. The predicted octanol–water partition coefficient (Wildman–Crippen LogP) is 2.43. The second-order valence-corrected chi connectivity index (χ2v) is 4.44. The lowest BCUT2D eigenvalue weighted by Crippen LogP contribution is -2.27. The Kier molecular flexibility index (Phi) is 3.90. The van der Waals surface area contributed by atoms with Gasteiger partial charge in [-0.15, -0.1) is 11.3 Å². The first-order valence-electron chi connectivity index (χ1n) is 4.60. The van der Waals surface area contributed by atoms with Crippen LogP contribution in [0.4, 0.5) is 13.2 Å². The Hall–Kier alpha value is -1.11. The molecule has 0 saturated carbocycles. The number of carbonyl (C=O) groups excluding carboxylic acids is 1. The molecule has 3 nitrogen and oxygen atoms in total. The van der Waals surface area contributed by atoms with Gasteiger partial charge in [0.05, 0.1) is 6.54 Å². The molecular formula is C9H11F3N2OS. The zero-order valence-electron chi connectivity index (χ0n) is 8.76. The average molecular weight is 252 g/mol. The molecule has 0 saturated heterocycles. The summed E-state index contributed by atoms with van der Waals surface area (Å²) in [7, 11) is 0. The summed E-state index contributed by atoms with van der Waals surface area (Å²) >= 11 is 0.884. The molecule has 0 aliphatic rings. The largest absolute Gasteiger partial charge is 0.434 e. The molecule has 0 bridgehead atoms. The topological polar surface area (TPSA) is 42.0 Å². The fourth-order valence-electron chi connectivity index (χ4n) is 0.889. The summed E-state index contributed by atoms with van der Waals surface area (Å²) in [6, 6.07) is 0.